The van der Waals surface area contributed by atoms with Crippen LogP contribution in [0.3, 0.4) is 0 Å². The summed E-state index contributed by atoms with van der Waals surface area (Å²) in [5.41, 5.74) is 0.300. The van der Waals surface area contributed by atoms with Crippen molar-refractivity contribution in [2.45, 2.75) is 6.18 Å². The van der Waals surface area contributed by atoms with Crippen molar-refractivity contribution in [1.82, 2.24) is 4.98 Å². The van der Waals surface area contributed by atoms with Crippen LogP contribution in [0.2, 0.25) is 0 Å². The number of aromatic nitrogens is 1. The van der Waals surface area contributed by atoms with Crippen LogP contribution < -0.4 is 5.32 Å². The highest BCUT2D eigenvalue weighted by atomic mass is 19.4. The summed E-state index contributed by atoms with van der Waals surface area (Å²) >= 11 is 0. The number of carbonyl (C=O) groups is 1. The van der Waals surface area contributed by atoms with E-state index in [1.807, 2.05) is 0 Å². The molecule has 0 atom stereocenters. The average molecular weight is 360 g/mol. The average Bonchev–Trinajstić information content (AvgIpc) is 2.62. The van der Waals surface area contributed by atoms with Gasteiger partial charge in [0.15, 0.2) is 0 Å². The molecule has 0 spiro atoms. The number of carbonyl (C=O) groups excluding carboxylic acids is 1. The van der Waals surface area contributed by atoms with Crippen molar-refractivity contribution < 1.29 is 22.4 Å². The summed E-state index contributed by atoms with van der Waals surface area (Å²) in [6.45, 7) is 0. The van der Waals surface area contributed by atoms with E-state index in [1.54, 1.807) is 18.2 Å². The Morgan fingerprint density at radius 3 is 2.19 bits per heavy atom. The van der Waals surface area contributed by atoms with Crippen molar-refractivity contribution in [2.24, 2.45) is 0 Å². The van der Waals surface area contributed by atoms with E-state index in [9.17, 15) is 22.4 Å². The fourth-order valence-electron chi connectivity index (χ4n) is 2.30. The molecular formula is C19H12F4N2O. The van der Waals surface area contributed by atoms with Crippen LogP contribution in [-0.4, -0.2) is 10.9 Å². The van der Waals surface area contributed by atoms with E-state index in [2.05, 4.69) is 10.3 Å². The summed E-state index contributed by atoms with van der Waals surface area (Å²) in [6.07, 6.45) is -3.16. The monoisotopic (exact) mass is 360 g/mol. The van der Waals surface area contributed by atoms with Gasteiger partial charge in [-0.1, -0.05) is 12.1 Å². The second-order valence-corrected chi connectivity index (χ2v) is 5.44. The number of amides is 1. The van der Waals surface area contributed by atoms with Crippen molar-refractivity contribution in [3.63, 3.8) is 0 Å². The Bertz CT molecular complexity index is 920. The first kappa shape index (κ1) is 17.6. The van der Waals surface area contributed by atoms with E-state index < -0.39 is 23.5 Å². The van der Waals surface area contributed by atoms with Gasteiger partial charge in [-0.05, 0) is 48.5 Å². The summed E-state index contributed by atoms with van der Waals surface area (Å²) in [6, 6.07) is 13.2. The maximum atomic E-state index is 13.7. The molecule has 1 amide bonds. The zero-order valence-corrected chi connectivity index (χ0v) is 13.2. The topological polar surface area (TPSA) is 42.0 Å². The molecule has 1 aromatic heterocycles. The van der Waals surface area contributed by atoms with Crippen molar-refractivity contribution in [3.8, 4) is 11.3 Å². The van der Waals surface area contributed by atoms with E-state index in [-0.39, 0.29) is 11.3 Å². The molecule has 0 unspecified atom stereocenters. The van der Waals surface area contributed by atoms with Crippen molar-refractivity contribution >= 4 is 11.6 Å². The molecule has 0 aliphatic rings. The molecule has 0 bridgehead atoms. The Morgan fingerprint density at radius 2 is 1.62 bits per heavy atom. The summed E-state index contributed by atoms with van der Waals surface area (Å²) in [7, 11) is 0. The van der Waals surface area contributed by atoms with Crippen LogP contribution >= 0.6 is 0 Å². The molecule has 26 heavy (non-hydrogen) atoms. The smallest absolute Gasteiger partial charge is 0.322 e. The first-order valence-electron chi connectivity index (χ1n) is 7.54. The molecule has 3 rings (SSSR count). The number of rotatable bonds is 3. The van der Waals surface area contributed by atoms with E-state index in [0.29, 0.717) is 11.3 Å². The lowest BCUT2D eigenvalue weighted by Crippen LogP contribution is -2.12. The van der Waals surface area contributed by atoms with Crippen LogP contribution in [-0.2, 0) is 6.18 Å². The number of pyridine rings is 1. The first-order chi connectivity index (χ1) is 12.3. The molecule has 132 valence electrons. The molecular weight excluding hydrogens is 348 g/mol. The van der Waals surface area contributed by atoms with Crippen LogP contribution in [0.15, 0.2) is 66.9 Å². The van der Waals surface area contributed by atoms with Gasteiger partial charge in [-0.2, -0.15) is 13.2 Å². The lowest BCUT2D eigenvalue weighted by molar-refractivity contribution is -0.137. The highest BCUT2D eigenvalue weighted by Gasteiger charge is 2.30. The maximum Gasteiger partial charge on any atom is 0.416 e. The van der Waals surface area contributed by atoms with Gasteiger partial charge in [0.1, 0.15) is 5.82 Å². The minimum absolute atomic E-state index is 0.199. The van der Waals surface area contributed by atoms with Crippen molar-refractivity contribution in [3.05, 3.63) is 83.8 Å². The third kappa shape index (κ3) is 3.88. The number of hydrogen-bond donors (Lipinski definition) is 1. The number of nitrogens with zero attached hydrogens (tertiary/aromatic N) is 1. The Balaban J connectivity index is 1.73. The minimum atomic E-state index is -4.44. The van der Waals surface area contributed by atoms with E-state index in [4.69, 9.17) is 0 Å². The second-order valence-electron chi connectivity index (χ2n) is 5.44. The number of hydrogen-bond acceptors (Lipinski definition) is 2. The maximum absolute atomic E-state index is 13.7. The zero-order chi connectivity index (χ0) is 18.7. The molecule has 2 aromatic carbocycles. The first-order valence-corrected chi connectivity index (χ1v) is 7.54. The molecule has 7 heteroatoms. The van der Waals surface area contributed by atoms with Crippen LogP contribution in [0.1, 0.15) is 15.9 Å². The van der Waals surface area contributed by atoms with Crippen LogP contribution in [0.4, 0.5) is 23.2 Å². The Hall–Kier alpha value is -3.22. The lowest BCUT2D eigenvalue weighted by atomic mass is 10.1. The molecule has 3 aromatic rings. The van der Waals surface area contributed by atoms with E-state index in [1.165, 1.54) is 36.5 Å². The molecule has 0 aliphatic heterocycles. The van der Waals surface area contributed by atoms with Gasteiger partial charge in [0, 0.05) is 17.4 Å². The minimum Gasteiger partial charge on any atom is -0.322 e. The third-order valence-electron chi connectivity index (χ3n) is 3.65. The summed E-state index contributed by atoms with van der Waals surface area (Å²) in [5.74, 6) is -0.959. The quantitative estimate of drug-likeness (QED) is 0.656. The Kier molecular flexibility index (Phi) is 4.71. The predicted molar refractivity (Wildman–Crippen MR) is 89.0 cm³/mol. The highest BCUT2D eigenvalue weighted by Crippen LogP contribution is 2.30. The summed E-state index contributed by atoms with van der Waals surface area (Å²) < 4.78 is 51.3. The molecule has 1 heterocycles. The van der Waals surface area contributed by atoms with Crippen molar-refractivity contribution in [1.29, 1.82) is 0 Å². The lowest BCUT2D eigenvalue weighted by Gasteiger charge is -2.09. The molecule has 0 fully saturated rings. The van der Waals surface area contributed by atoms with Gasteiger partial charge in [-0.25, -0.2) is 4.39 Å². The zero-order valence-electron chi connectivity index (χ0n) is 13.2. The van der Waals surface area contributed by atoms with Crippen LogP contribution in [0, 0.1) is 5.82 Å². The van der Waals surface area contributed by atoms with Gasteiger partial charge in [0.05, 0.1) is 16.8 Å². The van der Waals surface area contributed by atoms with Crippen LogP contribution in [0.25, 0.3) is 11.3 Å². The fraction of sp³-hybridized carbons (Fsp3) is 0.0526. The van der Waals surface area contributed by atoms with Crippen molar-refractivity contribution in [2.75, 3.05) is 5.32 Å². The molecule has 3 nitrogen and oxygen atoms in total. The fourth-order valence-corrected chi connectivity index (χ4v) is 2.30. The summed E-state index contributed by atoms with van der Waals surface area (Å²) in [5, 5.41) is 2.49. The normalized spacial score (nSPS) is 11.2. The molecule has 0 aliphatic carbocycles. The van der Waals surface area contributed by atoms with E-state index >= 15 is 0 Å². The number of benzene rings is 2. The number of alkyl halides is 3. The standard InChI is InChI=1S/C19H12F4N2O/c20-16-4-2-1-3-15(16)17-10-5-12(11-24-17)18(26)25-14-8-6-13(7-9-14)19(21,22)23/h1-11H,(H,25,26). The number of halogens is 4. The molecule has 0 saturated heterocycles. The summed E-state index contributed by atoms with van der Waals surface area (Å²) in [4.78, 5) is 16.2. The molecule has 0 radical (unpaired) electrons. The van der Waals surface area contributed by atoms with Gasteiger partial charge in [0.2, 0.25) is 0 Å². The van der Waals surface area contributed by atoms with Gasteiger partial charge < -0.3 is 5.32 Å². The number of nitrogens with one attached hydrogen (secondary N) is 1. The molecule has 1 N–H and O–H groups in total. The predicted octanol–water partition coefficient (Wildman–Crippen LogP) is 5.16. The second kappa shape index (κ2) is 6.95. The third-order valence-corrected chi connectivity index (χ3v) is 3.65. The van der Waals surface area contributed by atoms with E-state index in [0.717, 1.165) is 12.1 Å². The van der Waals surface area contributed by atoms with Crippen LogP contribution in [0.5, 0.6) is 0 Å². The Morgan fingerprint density at radius 1 is 0.923 bits per heavy atom. The number of anilines is 1. The largest absolute Gasteiger partial charge is 0.416 e. The van der Waals surface area contributed by atoms with Gasteiger partial charge in [0.25, 0.3) is 5.91 Å². The molecule has 0 saturated carbocycles. The van der Waals surface area contributed by atoms with Gasteiger partial charge in [-0.3, -0.25) is 9.78 Å². The Labute approximate surface area is 146 Å². The van der Waals surface area contributed by atoms with Gasteiger partial charge >= 0.3 is 6.18 Å². The highest BCUT2D eigenvalue weighted by molar-refractivity contribution is 6.04. The SMILES string of the molecule is O=C(Nc1ccc(C(F)(F)F)cc1)c1ccc(-c2ccccc2F)nc1. The van der Waals surface area contributed by atoms with Gasteiger partial charge in [-0.15, -0.1) is 0 Å².